The van der Waals surface area contributed by atoms with Gasteiger partial charge in [-0.3, -0.25) is 0 Å². The van der Waals surface area contributed by atoms with Crippen LogP contribution in [0.4, 0.5) is 0 Å². The highest BCUT2D eigenvalue weighted by molar-refractivity contribution is 7.98. The fourth-order valence-corrected chi connectivity index (χ4v) is 2.34. The lowest BCUT2D eigenvalue weighted by Gasteiger charge is -2.17. The maximum absolute atomic E-state index is 5.90. The largest absolute Gasteiger partial charge is 0.493 e. The van der Waals surface area contributed by atoms with Crippen molar-refractivity contribution < 1.29 is 9.47 Å². The third-order valence-corrected chi connectivity index (χ3v) is 3.05. The summed E-state index contributed by atoms with van der Waals surface area (Å²) in [6.07, 6.45) is 2.00. The molecule has 15 heavy (non-hydrogen) atoms. The van der Waals surface area contributed by atoms with Crippen LogP contribution in [-0.4, -0.2) is 20.5 Å². The van der Waals surface area contributed by atoms with Crippen LogP contribution in [-0.2, 0) is 0 Å². The second-order valence-electron chi connectivity index (χ2n) is 3.21. The van der Waals surface area contributed by atoms with Crippen molar-refractivity contribution in [1.82, 2.24) is 0 Å². The van der Waals surface area contributed by atoms with Gasteiger partial charge in [0.2, 0.25) is 0 Å². The predicted molar refractivity (Wildman–Crippen MR) is 63.9 cm³/mol. The quantitative estimate of drug-likeness (QED) is 0.802. The first kappa shape index (κ1) is 12.2. The number of rotatable bonds is 4. The van der Waals surface area contributed by atoms with E-state index in [1.165, 1.54) is 0 Å². The lowest BCUT2D eigenvalue weighted by molar-refractivity contribution is 0.346. The van der Waals surface area contributed by atoms with Crippen molar-refractivity contribution in [2.45, 2.75) is 17.9 Å². The van der Waals surface area contributed by atoms with Gasteiger partial charge < -0.3 is 15.2 Å². The van der Waals surface area contributed by atoms with Gasteiger partial charge in [0.1, 0.15) is 0 Å². The molecule has 1 unspecified atom stereocenters. The zero-order valence-electron chi connectivity index (χ0n) is 9.53. The number of methoxy groups -OCH3 is 2. The van der Waals surface area contributed by atoms with E-state index < -0.39 is 0 Å². The third-order valence-electron chi connectivity index (χ3n) is 2.23. The van der Waals surface area contributed by atoms with E-state index in [1.54, 1.807) is 26.0 Å². The maximum atomic E-state index is 5.90. The van der Waals surface area contributed by atoms with Crippen LogP contribution in [0.2, 0.25) is 0 Å². The van der Waals surface area contributed by atoms with Crippen LogP contribution in [0.5, 0.6) is 11.5 Å². The zero-order chi connectivity index (χ0) is 11.4. The smallest absolute Gasteiger partial charge is 0.174 e. The Hall–Kier alpha value is -0.870. The monoisotopic (exact) mass is 227 g/mol. The summed E-state index contributed by atoms with van der Waals surface area (Å²) in [4.78, 5) is 1.05. The van der Waals surface area contributed by atoms with E-state index in [4.69, 9.17) is 15.2 Å². The predicted octanol–water partition coefficient (Wildman–Crippen LogP) is 2.45. The Morgan fingerprint density at radius 3 is 2.33 bits per heavy atom. The molecule has 0 fully saturated rings. The van der Waals surface area contributed by atoms with E-state index in [0.717, 1.165) is 22.0 Å². The van der Waals surface area contributed by atoms with Crippen LogP contribution in [0.15, 0.2) is 17.0 Å². The minimum Gasteiger partial charge on any atom is -0.493 e. The van der Waals surface area contributed by atoms with E-state index in [-0.39, 0.29) is 6.04 Å². The number of ether oxygens (including phenoxy) is 2. The van der Waals surface area contributed by atoms with Gasteiger partial charge in [-0.2, -0.15) is 0 Å². The number of hydrogen-bond acceptors (Lipinski definition) is 4. The highest BCUT2D eigenvalue weighted by Gasteiger charge is 2.15. The first-order valence-electron chi connectivity index (χ1n) is 4.70. The van der Waals surface area contributed by atoms with Crippen molar-refractivity contribution in [2.24, 2.45) is 5.73 Å². The van der Waals surface area contributed by atoms with Crippen LogP contribution in [0.1, 0.15) is 18.5 Å². The number of nitrogens with two attached hydrogens (primary N) is 1. The van der Waals surface area contributed by atoms with Crippen molar-refractivity contribution in [3.63, 3.8) is 0 Å². The molecule has 1 atom stereocenters. The molecule has 0 heterocycles. The van der Waals surface area contributed by atoms with Gasteiger partial charge in [-0.15, -0.1) is 11.8 Å². The van der Waals surface area contributed by atoms with Crippen molar-refractivity contribution in [3.8, 4) is 11.5 Å². The summed E-state index contributed by atoms with van der Waals surface area (Å²) in [5.41, 5.74) is 6.98. The van der Waals surface area contributed by atoms with E-state index in [1.807, 2.05) is 25.3 Å². The summed E-state index contributed by atoms with van der Waals surface area (Å²) < 4.78 is 10.6. The number of thioether (sulfide) groups is 1. The van der Waals surface area contributed by atoms with Crippen LogP contribution < -0.4 is 15.2 Å². The van der Waals surface area contributed by atoms with Gasteiger partial charge >= 0.3 is 0 Å². The molecule has 0 aliphatic rings. The molecule has 4 heteroatoms. The highest BCUT2D eigenvalue weighted by atomic mass is 32.2. The molecular weight excluding hydrogens is 210 g/mol. The van der Waals surface area contributed by atoms with E-state index in [0.29, 0.717) is 0 Å². The molecule has 0 spiro atoms. The van der Waals surface area contributed by atoms with Gasteiger partial charge in [-0.25, -0.2) is 0 Å². The molecule has 1 aromatic rings. The Morgan fingerprint density at radius 1 is 1.27 bits per heavy atom. The molecule has 1 rings (SSSR count). The van der Waals surface area contributed by atoms with Gasteiger partial charge in [0.05, 0.1) is 19.1 Å². The molecule has 0 aromatic heterocycles. The molecule has 84 valence electrons. The van der Waals surface area contributed by atoms with E-state index in [9.17, 15) is 0 Å². The molecule has 0 saturated heterocycles. The van der Waals surface area contributed by atoms with E-state index in [2.05, 4.69) is 0 Å². The average molecular weight is 227 g/mol. The Labute approximate surface area is 94.9 Å². The normalized spacial score (nSPS) is 12.3. The summed E-state index contributed by atoms with van der Waals surface area (Å²) in [5, 5.41) is 0. The summed E-state index contributed by atoms with van der Waals surface area (Å²) in [7, 11) is 3.27. The highest BCUT2D eigenvalue weighted by Crippen LogP contribution is 2.40. The molecule has 0 amide bonds. The maximum Gasteiger partial charge on any atom is 0.174 e. The molecule has 2 N–H and O–H groups in total. The average Bonchev–Trinajstić information content (AvgIpc) is 2.26. The molecule has 0 aliphatic heterocycles. The molecular formula is C11H17NO2S. The van der Waals surface area contributed by atoms with Crippen LogP contribution in [0, 0.1) is 0 Å². The topological polar surface area (TPSA) is 44.5 Å². The van der Waals surface area contributed by atoms with Crippen molar-refractivity contribution >= 4 is 11.8 Å². The Balaban J connectivity index is 3.34. The zero-order valence-corrected chi connectivity index (χ0v) is 10.4. The van der Waals surface area contributed by atoms with Crippen LogP contribution in [0.25, 0.3) is 0 Å². The van der Waals surface area contributed by atoms with Crippen LogP contribution in [0.3, 0.4) is 0 Å². The van der Waals surface area contributed by atoms with Crippen LogP contribution >= 0.6 is 11.8 Å². The fraction of sp³-hybridized carbons (Fsp3) is 0.455. The summed E-state index contributed by atoms with van der Waals surface area (Å²) in [5.74, 6) is 1.51. The first-order chi connectivity index (χ1) is 7.15. The fourth-order valence-electron chi connectivity index (χ4n) is 1.48. The minimum absolute atomic E-state index is 0.00717. The van der Waals surface area contributed by atoms with E-state index >= 15 is 0 Å². The SMILES string of the molecule is COc1ccc(C(C)N)c(SC)c1OC. The number of hydrogen-bond donors (Lipinski definition) is 1. The van der Waals surface area contributed by atoms with Gasteiger partial charge in [-0.1, -0.05) is 6.07 Å². The second kappa shape index (κ2) is 5.28. The Kier molecular flexibility index (Phi) is 4.29. The van der Waals surface area contributed by atoms with Gasteiger partial charge in [0.25, 0.3) is 0 Å². The van der Waals surface area contributed by atoms with Gasteiger partial charge in [0, 0.05) is 6.04 Å². The molecule has 0 aliphatic carbocycles. The van der Waals surface area contributed by atoms with Gasteiger partial charge in [-0.05, 0) is 24.8 Å². The second-order valence-corrected chi connectivity index (χ2v) is 4.03. The molecule has 0 radical (unpaired) electrons. The van der Waals surface area contributed by atoms with Gasteiger partial charge in [0.15, 0.2) is 11.5 Å². The summed E-state index contributed by atoms with van der Waals surface area (Å²) in [6.45, 7) is 1.96. The van der Waals surface area contributed by atoms with Crippen molar-refractivity contribution in [2.75, 3.05) is 20.5 Å². The lowest BCUT2D eigenvalue weighted by Crippen LogP contribution is -2.07. The van der Waals surface area contributed by atoms with Crippen molar-refractivity contribution in [3.05, 3.63) is 17.7 Å². The molecule has 1 aromatic carbocycles. The number of benzene rings is 1. The van der Waals surface area contributed by atoms with Crippen molar-refractivity contribution in [1.29, 1.82) is 0 Å². The standard InChI is InChI=1S/C11H17NO2S/c1-7(12)8-5-6-9(13-2)10(14-3)11(8)15-4/h5-7H,12H2,1-4H3. The molecule has 3 nitrogen and oxygen atoms in total. The first-order valence-corrected chi connectivity index (χ1v) is 5.92. The summed E-state index contributed by atoms with van der Waals surface area (Å²) >= 11 is 1.62. The molecule has 0 saturated carbocycles. The third kappa shape index (κ3) is 2.38. The Morgan fingerprint density at radius 2 is 1.93 bits per heavy atom. The minimum atomic E-state index is -0.00717. The summed E-state index contributed by atoms with van der Waals surface area (Å²) in [6, 6.07) is 3.86. The lowest BCUT2D eigenvalue weighted by atomic mass is 10.1. The molecule has 0 bridgehead atoms. The Bertz CT molecular complexity index is 340.